The van der Waals surface area contributed by atoms with E-state index in [1.807, 2.05) is 0 Å². The first-order valence-electron chi connectivity index (χ1n) is 7.87. The second-order valence-electron chi connectivity index (χ2n) is 6.26. The summed E-state index contributed by atoms with van der Waals surface area (Å²) in [7, 11) is 1.69. The second-order valence-corrected chi connectivity index (χ2v) is 6.26. The molecule has 1 aliphatic carbocycles. The van der Waals surface area contributed by atoms with Crippen molar-refractivity contribution in [3.05, 3.63) is 0 Å². The van der Waals surface area contributed by atoms with Crippen LogP contribution in [0.1, 0.15) is 44.9 Å². The predicted molar refractivity (Wildman–Crippen MR) is 78.2 cm³/mol. The molecule has 2 rings (SSSR count). The van der Waals surface area contributed by atoms with Gasteiger partial charge >= 0.3 is 12.0 Å². The van der Waals surface area contributed by atoms with Gasteiger partial charge in [-0.05, 0) is 31.6 Å². The van der Waals surface area contributed by atoms with Crippen LogP contribution in [-0.4, -0.2) is 54.4 Å². The molecule has 1 saturated heterocycles. The molecule has 0 spiro atoms. The molecule has 0 aromatic rings. The number of nitrogens with one attached hydrogen (secondary N) is 1. The van der Waals surface area contributed by atoms with E-state index >= 15 is 0 Å². The zero-order valence-corrected chi connectivity index (χ0v) is 12.8. The Kier molecular flexibility index (Phi) is 5.45. The van der Waals surface area contributed by atoms with E-state index in [-0.39, 0.29) is 6.03 Å². The maximum atomic E-state index is 12.4. The number of carbonyl (C=O) groups excluding carboxylic acids is 1. The van der Waals surface area contributed by atoms with Gasteiger partial charge in [-0.1, -0.05) is 19.3 Å². The van der Waals surface area contributed by atoms with Crippen molar-refractivity contribution in [1.29, 1.82) is 0 Å². The molecule has 2 aliphatic rings. The highest BCUT2D eigenvalue weighted by Crippen LogP contribution is 2.29. The van der Waals surface area contributed by atoms with Gasteiger partial charge in [0.2, 0.25) is 0 Å². The first-order chi connectivity index (χ1) is 10.1. The minimum Gasteiger partial charge on any atom is -0.480 e. The van der Waals surface area contributed by atoms with E-state index in [1.165, 1.54) is 0 Å². The van der Waals surface area contributed by atoms with Crippen molar-refractivity contribution in [2.75, 3.05) is 26.8 Å². The molecule has 21 heavy (non-hydrogen) atoms. The number of aliphatic carboxylic acids is 1. The first-order valence-corrected chi connectivity index (χ1v) is 7.87. The summed E-state index contributed by atoms with van der Waals surface area (Å²) in [5.41, 5.74) is -1.06. The summed E-state index contributed by atoms with van der Waals surface area (Å²) < 4.78 is 5.15. The Hall–Kier alpha value is -1.30. The summed E-state index contributed by atoms with van der Waals surface area (Å²) in [4.78, 5) is 25.7. The number of amides is 2. The quantitative estimate of drug-likeness (QED) is 0.830. The highest BCUT2D eigenvalue weighted by Gasteiger charge is 2.42. The lowest BCUT2D eigenvalue weighted by molar-refractivity contribution is -0.146. The van der Waals surface area contributed by atoms with Crippen LogP contribution in [0.2, 0.25) is 0 Å². The Balaban J connectivity index is 1.90. The van der Waals surface area contributed by atoms with Crippen molar-refractivity contribution in [1.82, 2.24) is 10.2 Å². The fraction of sp³-hybridized carbons (Fsp3) is 0.867. The third kappa shape index (κ3) is 3.87. The number of hydrogen-bond acceptors (Lipinski definition) is 3. The third-order valence-corrected chi connectivity index (χ3v) is 4.77. The number of methoxy groups -OCH3 is 1. The first kappa shape index (κ1) is 16.1. The summed E-state index contributed by atoms with van der Waals surface area (Å²) in [5.74, 6) is -0.396. The molecular formula is C15H26N2O4. The van der Waals surface area contributed by atoms with Gasteiger partial charge in [-0.3, -0.25) is 0 Å². The van der Waals surface area contributed by atoms with Crippen molar-refractivity contribution < 1.29 is 19.4 Å². The molecule has 2 amide bonds. The lowest BCUT2D eigenvalue weighted by atomic mass is 9.82. The number of ether oxygens (including phenoxy) is 1. The normalized spacial score (nSPS) is 22.8. The average Bonchev–Trinajstić information content (AvgIpc) is 2.49. The third-order valence-electron chi connectivity index (χ3n) is 4.77. The molecule has 120 valence electrons. The van der Waals surface area contributed by atoms with Crippen molar-refractivity contribution >= 4 is 12.0 Å². The molecule has 0 atom stereocenters. The van der Waals surface area contributed by atoms with Crippen LogP contribution in [0.25, 0.3) is 0 Å². The second kappa shape index (κ2) is 7.11. The number of likely N-dealkylation sites (tertiary alicyclic amines) is 1. The van der Waals surface area contributed by atoms with Gasteiger partial charge < -0.3 is 20.1 Å². The fourth-order valence-corrected chi connectivity index (χ4v) is 3.37. The van der Waals surface area contributed by atoms with E-state index in [9.17, 15) is 14.7 Å². The van der Waals surface area contributed by atoms with Gasteiger partial charge in [0.1, 0.15) is 5.54 Å². The van der Waals surface area contributed by atoms with Gasteiger partial charge in [-0.25, -0.2) is 9.59 Å². The molecule has 1 aliphatic heterocycles. The SMILES string of the molecule is COCC1CCN(C(=O)NC2(C(=O)O)CCCCC2)CC1. The van der Waals surface area contributed by atoms with E-state index in [1.54, 1.807) is 12.0 Å². The molecule has 0 bridgehead atoms. The van der Waals surface area contributed by atoms with Gasteiger partial charge in [0.25, 0.3) is 0 Å². The molecule has 0 aromatic carbocycles. The number of urea groups is 1. The Morgan fingerprint density at radius 2 is 1.86 bits per heavy atom. The summed E-state index contributed by atoms with van der Waals surface area (Å²) in [6.07, 6.45) is 5.68. The summed E-state index contributed by atoms with van der Waals surface area (Å²) in [6, 6.07) is -0.227. The molecule has 0 aromatic heterocycles. The van der Waals surface area contributed by atoms with Crippen LogP contribution < -0.4 is 5.32 Å². The van der Waals surface area contributed by atoms with Gasteiger partial charge in [0, 0.05) is 26.8 Å². The van der Waals surface area contributed by atoms with Crippen LogP contribution >= 0.6 is 0 Å². The highest BCUT2D eigenvalue weighted by molar-refractivity contribution is 5.86. The number of carbonyl (C=O) groups is 2. The van der Waals surface area contributed by atoms with E-state index in [4.69, 9.17) is 4.74 Å². The van der Waals surface area contributed by atoms with E-state index in [0.717, 1.165) is 38.7 Å². The average molecular weight is 298 g/mol. The van der Waals surface area contributed by atoms with Gasteiger partial charge in [-0.2, -0.15) is 0 Å². The summed E-state index contributed by atoms with van der Waals surface area (Å²) in [6.45, 7) is 2.08. The Labute approximate surface area is 125 Å². The van der Waals surface area contributed by atoms with Crippen LogP contribution in [0.4, 0.5) is 4.79 Å². The maximum absolute atomic E-state index is 12.4. The molecule has 2 fully saturated rings. The smallest absolute Gasteiger partial charge is 0.329 e. The number of carboxylic acids is 1. The summed E-state index contributed by atoms with van der Waals surface area (Å²) >= 11 is 0. The molecule has 0 unspecified atom stereocenters. The Morgan fingerprint density at radius 3 is 2.38 bits per heavy atom. The minimum atomic E-state index is -1.06. The molecule has 2 N–H and O–H groups in total. The highest BCUT2D eigenvalue weighted by atomic mass is 16.5. The van der Waals surface area contributed by atoms with Gasteiger partial charge in [0.15, 0.2) is 0 Å². The van der Waals surface area contributed by atoms with Crippen LogP contribution in [0.5, 0.6) is 0 Å². The summed E-state index contributed by atoms with van der Waals surface area (Å²) in [5, 5.41) is 12.3. The van der Waals surface area contributed by atoms with E-state index in [0.29, 0.717) is 31.8 Å². The van der Waals surface area contributed by atoms with Crippen molar-refractivity contribution in [2.24, 2.45) is 5.92 Å². The van der Waals surface area contributed by atoms with Crippen LogP contribution in [0, 0.1) is 5.92 Å². The van der Waals surface area contributed by atoms with Crippen molar-refractivity contribution in [2.45, 2.75) is 50.5 Å². The van der Waals surface area contributed by atoms with Crippen LogP contribution in [0.15, 0.2) is 0 Å². The van der Waals surface area contributed by atoms with Crippen molar-refractivity contribution in [3.63, 3.8) is 0 Å². The topological polar surface area (TPSA) is 78.9 Å². The number of piperidine rings is 1. The molecule has 1 saturated carbocycles. The van der Waals surface area contributed by atoms with E-state index in [2.05, 4.69) is 5.32 Å². The monoisotopic (exact) mass is 298 g/mol. The molecule has 6 nitrogen and oxygen atoms in total. The van der Waals surface area contributed by atoms with Gasteiger partial charge in [0.05, 0.1) is 0 Å². The Morgan fingerprint density at radius 1 is 1.24 bits per heavy atom. The molecule has 1 heterocycles. The fourth-order valence-electron chi connectivity index (χ4n) is 3.37. The van der Waals surface area contributed by atoms with Crippen molar-refractivity contribution in [3.8, 4) is 0 Å². The molecule has 6 heteroatoms. The zero-order valence-electron chi connectivity index (χ0n) is 12.8. The standard InChI is InChI=1S/C15H26N2O4/c1-21-11-12-5-9-17(10-6-12)14(20)16-15(13(18)19)7-3-2-4-8-15/h12H,2-11H2,1H3,(H,16,20)(H,18,19). The lowest BCUT2D eigenvalue weighted by Crippen LogP contribution is -2.59. The van der Waals surface area contributed by atoms with Crippen LogP contribution in [0.3, 0.4) is 0 Å². The Bertz CT molecular complexity index is 372. The number of nitrogens with zero attached hydrogens (tertiary/aromatic N) is 1. The minimum absolute atomic E-state index is 0.227. The van der Waals surface area contributed by atoms with E-state index < -0.39 is 11.5 Å². The molecule has 0 radical (unpaired) electrons. The predicted octanol–water partition coefficient (Wildman–Crippen LogP) is 1.84. The maximum Gasteiger partial charge on any atom is 0.329 e. The largest absolute Gasteiger partial charge is 0.480 e. The number of rotatable bonds is 4. The molecular weight excluding hydrogens is 272 g/mol. The number of carboxylic acid groups (broad SMARTS) is 1. The zero-order chi connectivity index (χ0) is 15.3. The van der Waals surface area contributed by atoms with Gasteiger partial charge in [-0.15, -0.1) is 0 Å². The van der Waals surface area contributed by atoms with Crippen LogP contribution in [-0.2, 0) is 9.53 Å². The lowest BCUT2D eigenvalue weighted by Gasteiger charge is -2.38. The number of hydrogen-bond donors (Lipinski definition) is 2.